The van der Waals surface area contributed by atoms with Crippen molar-refractivity contribution in [3.05, 3.63) is 28.8 Å². The molecule has 0 saturated carbocycles. The lowest BCUT2D eigenvalue weighted by molar-refractivity contribution is 0.464. The van der Waals surface area contributed by atoms with Gasteiger partial charge in [-0.1, -0.05) is 83.8 Å². The van der Waals surface area contributed by atoms with E-state index in [0.29, 0.717) is 5.75 Å². The summed E-state index contributed by atoms with van der Waals surface area (Å²) in [6.07, 6.45) is 15.0. The first-order valence-corrected chi connectivity index (χ1v) is 11.2. The smallest absolute Gasteiger partial charge is 0.121 e. The van der Waals surface area contributed by atoms with E-state index >= 15 is 0 Å². The molecule has 0 amide bonds. The van der Waals surface area contributed by atoms with Gasteiger partial charge < -0.3 is 5.11 Å². The fourth-order valence-corrected chi connectivity index (χ4v) is 4.12. The second-order valence-electron chi connectivity index (χ2n) is 7.01. The maximum atomic E-state index is 9.99. The minimum atomic E-state index is 0.487. The fraction of sp³-hybridized carbons (Fsp3) is 0.727. The molecule has 24 heavy (non-hydrogen) atoms. The molecule has 138 valence electrons. The predicted molar refractivity (Wildman–Crippen MR) is 110 cm³/mol. The third kappa shape index (κ3) is 9.01. The summed E-state index contributed by atoms with van der Waals surface area (Å²) in [4.78, 5) is 0. The summed E-state index contributed by atoms with van der Waals surface area (Å²) in [6.45, 7) is 6.39. The first-order valence-electron chi connectivity index (χ1n) is 10.1. The quantitative estimate of drug-likeness (QED) is 0.352. The molecule has 0 bridgehead atoms. The number of aryl methyl sites for hydroxylation is 2. The van der Waals surface area contributed by atoms with Gasteiger partial charge in [-0.3, -0.25) is 0 Å². The van der Waals surface area contributed by atoms with Crippen LogP contribution in [0.25, 0.3) is 0 Å². The lowest BCUT2D eigenvalue weighted by Crippen LogP contribution is -1.91. The molecule has 1 aromatic carbocycles. The zero-order chi connectivity index (χ0) is 17.6. The molecule has 0 aromatic heterocycles. The summed E-state index contributed by atoms with van der Waals surface area (Å²) >= 11 is 2.04. The monoisotopic (exact) mass is 350 g/mol. The molecule has 1 rings (SSSR count). The van der Waals surface area contributed by atoms with Crippen molar-refractivity contribution in [3.8, 4) is 5.75 Å². The molecular formula is C22H38OS. The standard InChI is InChI=1S/C22H38OS/c1-4-6-7-8-9-10-11-12-13-14-15-24-18-20-16-19(3)22(23)21(5-2)17-20/h16-17,23H,4-15,18H2,1-3H3. The van der Waals surface area contributed by atoms with Gasteiger partial charge in [0.15, 0.2) is 0 Å². The van der Waals surface area contributed by atoms with Crippen molar-refractivity contribution in [2.24, 2.45) is 0 Å². The average Bonchev–Trinajstić information content (AvgIpc) is 2.58. The van der Waals surface area contributed by atoms with Crippen molar-refractivity contribution < 1.29 is 5.11 Å². The van der Waals surface area contributed by atoms with Gasteiger partial charge in [-0.25, -0.2) is 0 Å². The highest BCUT2D eigenvalue weighted by molar-refractivity contribution is 7.98. The van der Waals surface area contributed by atoms with Gasteiger partial charge >= 0.3 is 0 Å². The number of thioether (sulfide) groups is 1. The zero-order valence-corrected chi connectivity index (χ0v) is 17.0. The summed E-state index contributed by atoms with van der Waals surface area (Å²) in [6, 6.07) is 4.31. The van der Waals surface area contributed by atoms with Gasteiger partial charge in [0.25, 0.3) is 0 Å². The first kappa shape index (κ1) is 21.4. The van der Waals surface area contributed by atoms with Gasteiger partial charge in [-0.05, 0) is 42.2 Å². The highest BCUT2D eigenvalue weighted by Gasteiger charge is 2.05. The Morgan fingerprint density at radius 1 is 0.833 bits per heavy atom. The summed E-state index contributed by atoms with van der Waals surface area (Å²) in [5, 5.41) is 9.99. The molecule has 1 nitrogen and oxygen atoms in total. The molecule has 0 atom stereocenters. The van der Waals surface area contributed by atoms with Crippen molar-refractivity contribution in [1.29, 1.82) is 0 Å². The molecule has 2 heteroatoms. The van der Waals surface area contributed by atoms with E-state index in [1.165, 1.54) is 75.5 Å². The molecule has 1 N–H and O–H groups in total. The van der Waals surface area contributed by atoms with E-state index in [9.17, 15) is 5.11 Å². The number of phenolic OH excluding ortho intramolecular Hbond substituents is 1. The summed E-state index contributed by atoms with van der Waals surface area (Å²) in [5.41, 5.74) is 3.47. The summed E-state index contributed by atoms with van der Waals surface area (Å²) in [7, 11) is 0. The van der Waals surface area contributed by atoms with Crippen molar-refractivity contribution in [2.45, 2.75) is 97.2 Å². The maximum absolute atomic E-state index is 9.99. The second kappa shape index (κ2) is 13.6. The number of rotatable bonds is 14. The number of benzene rings is 1. The normalized spacial score (nSPS) is 11.1. The molecule has 0 radical (unpaired) electrons. The lowest BCUT2D eigenvalue weighted by Gasteiger charge is -2.09. The van der Waals surface area contributed by atoms with E-state index in [1.807, 2.05) is 18.7 Å². The Kier molecular flexibility index (Phi) is 12.2. The molecule has 0 unspecified atom stereocenters. The van der Waals surface area contributed by atoms with Crippen LogP contribution in [-0.2, 0) is 12.2 Å². The Labute approximate surface area is 154 Å². The topological polar surface area (TPSA) is 20.2 Å². The number of aromatic hydroxyl groups is 1. The van der Waals surface area contributed by atoms with Gasteiger partial charge in [-0.2, -0.15) is 11.8 Å². The summed E-state index contributed by atoms with van der Waals surface area (Å²) in [5.74, 6) is 2.82. The van der Waals surface area contributed by atoms with Gasteiger partial charge in [-0.15, -0.1) is 0 Å². The van der Waals surface area contributed by atoms with E-state index < -0.39 is 0 Å². The largest absolute Gasteiger partial charge is 0.507 e. The van der Waals surface area contributed by atoms with Crippen LogP contribution in [0.4, 0.5) is 0 Å². The lowest BCUT2D eigenvalue weighted by atomic mass is 10.0. The molecule has 0 spiro atoms. The molecular weight excluding hydrogens is 312 g/mol. The van der Waals surface area contributed by atoms with Crippen LogP contribution in [0.5, 0.6) is 5.75 Å². The highest BCUT2D eigenvalue weighted by Crippen LogP contribution is 2.26. The van der Waals surface area contributed by atoms with Crippen molar-refractivity contribution >= 4 is 11.8 Å². The summed E-state index contributed by atoms with van der Waals surface area (Å²) < 4.78 is 0. The van der Waals surface area contributed by atoms with E-state index in [-0.39, 0.29) is 0 Å². The Balaban J connectivity index is 2.02. The molecule has 0 saturated heterocycles. The minimum absolute atomic E-state index is 0.487. The first-order chi connectivity index (χ1) is 11.7. The Hall–Kier alpha value is -0.630. The van der Waals surface area contributed by atoms with Crippen LogP contribution in [-0.4, -0.2) is 10.9 Å². The molecule has 0 aliphatic heterocycles. The van der Waals surface area contributed by atoms with Gasteiger partial charge in [0.1, 0.15) is 5.75 Å². The molecule has 1 aromatic rings. The van der Waals surface area contributed by atoms with Crippen LogP contribution < -0.4 is 0 Å². The number of hydrogen-bond donors (Lipinski definition) is 1. The zero-order valence-electron chi connectivity index (χ0n) is 16.2. The van der Waals surface area contributed by atoms with Crippen LogP contribution in [0.2, 0.25) is 0 Å². The van der Waals surface area contributed by atoms with Crippen LogP contribution in [0.15, 0.2) is 12.1 Å². The second-order valence-corrected chi connectivity index (χ2v) is 8.11. The SMILES string of the molecule is CCCCCCCCCCCCSCc1cc(C)c(O)c(CC)c1. The van der Waals surface area contributed by atoms with Crippen LogP contribution >= 0.6 is 11.8 Å². The van der Waals surface area contributed by atoms with Crippen LogP contribution in [0.1, 0.15) is 94.7 Å². The Morgan fingerprint density at radius 3 is 2.00 bits per heavy atom. The van der Waals surface area contributed by atoms with Crippen LogP contribution in [0, 0.1) is 6.92 Å². The maximum Gasteiger partial charge on any atom is 0.121 e. The Bertz CT molecular complexity index is 442. The molecule has 0 heterocycles. The van der Waals surface area contributed by atoms with E-state index in [4.69, 9.17) is 0 Å². The number of hydrogen-bond acceptors (Lipinski definition) is 2. The van der Waals surface area contributed by atoms with Crippen molar-refractivity contribution in [1.82, 2.24) is 0 Å². The van der Waals surface area contributed by atoms with Gasteiger partial charge in [0, 0.05) is 5.75 Å². The third-order valence-electron chi connectivity index (χ3n) is 4.73. The number of unbranched alkanes of at least 4 members (excludes halogenated alkanes) is 9. The van der Waals surface area contributed by atoms with Gasteiger partial charge in [0.2, 0.25) is 0 Å². The van der Waals surface area contributed by atoms with E-state index in [2.05, 4.69) is 26.0 Å². The molecule has 0 aliphatic rings. The number of phenols is 1. The minimum Gasteiger partial charge on any atom is -0.507 e. The third-order valence-corrected chi connectivity index (χ3v) is 5.85. The van der Waals surface area contributed by atoms with Crippen molar-refractivity contribution in [2.75, 3.05) is 5.75 Å². The molecule has 0 aliphatic carbocycles. The molecule has 0 fully saturated rings. The Morgan fingerprint density at radius 2 is 1.42 bits per heavy atom. The van der Waals surface area contributed by atoms with Gasteiger partial charge in [0.05, 0.1) is 0 Å². The fourth-order valence-electron chi connectivity index (χ4n) is 3.17. The predicted octanol–water partition coefficient (Wildman–Crippen LogP) is 7.42. The van der Waals surface area contributed by atoms with Crippen molar-refractivity contribution in [3.63, 3.8) is 0 Å². The van der Waals surface area contributed by atoms with E-state index in [0.717, 1.165) is 23.3 Å². The highest BCUT2D eigenvalue weighted by atomic mass is 32.2. The average molecular weight is 351 g/mol. The van der Waals surface area contributed by atoms with Crippen LogP contribution in [0.3, 0.4) is 0 Å². The van der Waals surface area contributed by atoms with E-state index in [1.54, 1.807) is 0 Å².